The second kappa shape index (κ2) is 4.92. The first kappa shape index (κ1) is 14.0. The molecule has 2 aromatic rings. The summed E-state index contributed by atoms with van der Waals surface area (Å²) in [5, 5.41) is 26.2. The van der Waals surface area contributed by atoms with Crippen molar-refractivity contribution in [1.29, 1.82) is 0 Å². The molecule has 0 bridgehead atoms. The minimum atomic E-state index is -1.01. The minimum Gasteiger partial charge on any atom is -0.394 e. The molecule has 0 radical (unpaired) electrons. The Bertz CT molecular complexity index is 579. The Kier molecular flexibility index (Phi) is 3.62. The molecule has 0 atom stereocenters. The normalized spacial score (nSPS) is 12.1. The van der Waals surface area contributed by atoms with Crippen LogP contribution in [0.2, 0.25) is 0 Å². The largest absolute Gasteiger partial charge is 0.394 e. The van der Waals surface area contributed by atoms with E-state index in [1.54, 1.807) is 17.7 Å². The summed E-state index contributed by atoms with van der Waals surface area (Å²) in [5.74, 6) is -0.300. The number of hydrogen-bond acceptors (Lipinski definition) is 5. The molecule has 6 nitrogen and oxygen atoms in total. The van der Waals surface area contributed by atoms with Gasteiger partial charge in [0.1, 0.15) is 4.83 Å². The van der Waals surface area contributed by atoms with Crippen molar-refractivity contribution in [2.75, 3.05) is 13.2 Å². The van der Waals surface area contributed by atoms with Gasteiger partial charge in [-0.1, -0.05) is 0 Å². The average molecular weight is 283 g/mol. The van der Waals surface area contributed by atoms with E-state index in [4.69, 9.17) is 0 Å². The zero-order valence-corrected chi connectivity index (χ0v) is 11.9. The first-order valence-electron chi connectivity index (χ1n) is 5.87. The van der Waals surface area contributed by atoms with Crippen LogP contribution in [0.4, 0.5) is 0 Å². The van der Waals surface area contributed by atoms with Crippen LogP contribution in [0, 0.1) is 6.92 Å². The van der Waals surface area contributed by atoms with E-state index in [1.807, 2.05) is 14.0 Å². The SMILES string of the molecule is Cc1nn(C)c2sc(C(=O)NC(C)(CO)CO)cc12. The molecular formula is C12H17N3O3S. The maximum absolute atomic E-state index is 12.1. The molecule has 2 rings (SSSR count). The molecule has 2 aromatic heterocycles. The third kappa shape index (κ3) is 2.49. The van der Waals surface area contributed by atoms with Gasteiger partial charge in [-0.05, 0) is 19.9 Å². The molecule has 1 amide bonds. The molecule has 0 unspecified atom stereocenters. The molecule has 0 aliphatic rings. The van der Waals surface area contributed by atoms with Crippen LogP contribution in [0.25, 0.3) is 10.2 Å². The first-order chi connectivity index (χ1) is 8.90. The Morgan fingerprint density at radius 3 is 2.68 bits per heavy atom. The van der Waals surface area contributed by atoms with E-state index >= 15 is 0 Å². The fourth-order valence-electron chi connectivity index (χ4n) is 1.78. The average Bonchev–Trinajstić information content (AvgIpc) is 2.92. The number of rotatable bonds is 4. The number of nitrogens with zero attached hydrogens (tertiary/aromatic N) is 2. The third-order valence-corrected chi connectivity index (χ3v) is 4.23. The Labute approximate surface area is 114 Å². The zero-order valence-electron chi connectivity index (χ0n) is 11.1. The highest BCUT2D eigenvalue weighted by Crippen LogP contribution is 2.27. The van der Waals surface area contributed by atoms with Crippen LogP contribution >= 0.6 is 11.3 Å². The summed E-state index contributed by atoms with van der Waals surface area (Å²) in [6.45, 7) is 2.84. The van der Waals surface area contributed by atoms with Crippen molar-refractivity contribution in [2.45, 2.75) is 19.4 Å². The molecule has 0 aliphatic carbocycles. The second-order valence-electron chi connectivity index (χ2n) is 4.87. The van der Waals surface area contributed by atoms with E-state index in [0.717, 1.165) is 15.9 Å². The smallest absolute Gasteiger partial charge is 0.262 e. The van der Waals surface area contributed by atoms with E-state index < -0.39 is 5.54 Å². The lowest BCUT2D eigenvalue weighted by Crippen LogP contribution is -2.51. The van der Waals surface area contributed by atoms with Crippen LogP contribution < -0.4 is 5.32 Å². The number of thiophene rings is 1. The topological polar surface area (TPSA) is 87.4 Å². The number of aliphatic hydroxyl groups is 2. The van der Waals surface area contributed by atoms with Gasteiger partial charge in [-0.15, -0.1) is 11.3 Å². The lowest BCUT2D eigenvalue weighted by Gasteiger charge is -2.25. The van der Waals surface area contributed by atoms with Crippen LogP contribution in [-0.2, 0) is 7.05 Å². The molecule has 0 saturated heterocycles. The van der Waals surface area contributed by atoms with Gasteiger partial charge in [0.15, 0.2) is 0 Å². The number of carbonyl (C=O) groups excluding carboxylic acids is 1. The standard InChI is InChI=1S/C12H17N3O3S/c1-7-8-4-9(19-11(8)15(3)14-7)10(18)13-12(2,5-16)6-17/h4,16-17H,5-6H2,1-3H3,(H,13,18). The second-order valence-corrected chi connectivity index (χ2v) is 5.90. The van der Waals surface area contributed by atoms with Gasteiger partial charge in [0.25, 0.3) is 5.91 Å². The van der Waals surface area contributed by atoms with Crippen molar-refractivity contribution >= 4 is 27.5 Å². The first-order valence-corrected chi connectivity index (χ1v) is 6.69. The van der Waals surface area contributed by atoms with Gasteiger partial charge in [-0.25, -0.2) is 0 Å². The van der Waals surface area contributed by atoms with Crippen molar-refractivity contribution in [3.63, 3.8) is 0 Å². The van der Waals surface area contributed by atoms with Crippen LogP contribution in [0.5, 0.6) is 0 Å². The molecule has 0 fully saturated rings. The molecular weight excluding hydrogens is 266 g/mol. The van der Waals surface area contributed by atoms with Crippen LogP contribution in [-0.4, -0.2) is 44.7 Å². The maximum Gasteiger partial charge on any atom is 0.262 e. The van der Waals surface area contributed by atoms with Crippen LogP contribution in [0.3, 0.4) is 0 Å². The number of hydrogen-bond donors (Lipinski definition) is 3. The number of amides is 1. The number of carbonyl (C=O) groups is 1. The number of aryl methyl sites for hydroxylation is 2. The highest BCUT2D eigenvalue weighted by atomic mass is 32.1. The summed E-state index contributed by atoms with van der Waals surface area (Å²) < 4.78 is 1.74. The van der Waals surface area contributed by atoms with Gasteiger partial charge in [0.2, 0.25) is 0 Å². The summed E-state index contributed by atoms with van der Waals surface area (Å²) >= 11 is 1.34. The summed E-state index contributed by atoms with van der Waals surface area (Å²) in [5.41, 5.74) is -0.138. The third-order valence-electron chi connectivity index (χ3n) is 3.03. The van der Waals surface area contributed by atoms with Crippen molar-refractivity contribution in [1.82, 2.24) is 15.1 Å². The zero-order chi connectivity index (χ0) is 14.2. The predicted octanol–water partition coefficient (Wildman–Crippen LogP) is 0.416. The molecule has 0 aliphatic heterocycles. The molecule has 0 spiro atoms. The Hall–Kier alpha value is -1.44. The summed E-state index contributed by atoms with van der Waals surface area (Å²) in [7, 11) is 1.83. The van der Waals surface area contributed by atoms with E-state index in [0.29, 0.717) is 4.88 Å². The fraction of sp³-hybridized carbons (Fsp3) is 0.500. The monoisotopic (exact) mass is 283 g/mol. The van der Waals surface area contributed by atoms with Gasteiger partial charge in [-0.3, -0.25) is 9.48 Å². The lowest BCUT2D eigenvalue weighted by molar-refractivity contribution is 0.0727. The number of aromatic nitrogens is 2. The van der Waals surface area contributed by atoms with Crippen LogP contribution in [0.15, 0.2) is 6.07 Å². The minimum absolute atomic E-state index is 0.300. The summed E-state index contributed by atoms with van der Waals surface area (Å²) in [6.07, 6.45) is 0. The highest BCUT2D eigenvalue weighted by Gasteiger charge is 2.26. The molecule has 7 heteroatoms. The van der Waals surface area contributed by atoms with Crippen molar-refractivity contribution in [3.8, 4) is 0 Å². The van der Waals surface area contributed by atoms with E-state index in [-0.39, 0.29) is 19.1 Å². The fourth-order valence-corrected chi connectivity index (χ4v) is 2.80. The molecule has 104 valence electrons. The van der Waals surface area contributed by atoms with E-state index in [2.05, 4.69) is 10.4 Å². The Morgan fingerprint density at radius 2 is 2.16 bits per heavy atom. The molecule has 0 aromatic carbocycles. The van der Waals surface area contributed by atoms with Gasteiger partial charge in [-0.2, -0.15) is 5.10 Å². The lowest BCUT2D eigenvalue weighted by atomic mass is 10.1. The molecule has 19 heavy (non-hydrogen) atoms. The quantitative estimate of drug-likeness (QED) is 0.759. The van der Waals surface area contributed by atoms with Crippen molar-refractivity contribution < 1.29 is 15.0 Å². The van der Waals surface area contributed by atoms with Crippen molar-refractivity contribution in [2.24, 2.45) is 7.05 Å². The summed E-state index contributed by atoms with van der Waals surface area (Å²) in [6, 6.07) is 1.78. The van der Waals surface area contributed by atoms with Gasteiger partial charge >= 0.3 is 0 Å². The maximum atomic E-state index is 12.1. The van der Waals surface area contributed by atoms with Gasteiger partial charge < -0.3 is 15.5 Å². The van der Waals surface area contributed by atoms with E-state index in [9.17, 15) is 15.0 Å². The Balaban J connectivity index is 2.29. The van der Waals surface area contributed by atoms with Crippen molar-refractivity contribution in [3.05, 3.63) is 16.6 Å². The highest BCUT2D eigenvalue weighted by molar-refractivity contribution is 7.20. The summed E-state index contributed by atoms with van der Waals surface area (Å²) in [4.78, 5) is 13.6. The number of aliphatic hydroxyl groups excluding tert-OH is 2. The van der Waals surface area contributed by atoms with Crippen LogP contribution in [0.1, 0.15) is 22.3 Å². The number of fused-ring (bicyclic) bond motifs is 1. The molecule has 0 saturated carbocycles. The molecule has 3 N–H and O–H groups in total. The van der Waals surface area contributed by atoms with E-state index in [1.165, 1.54) is 11.3 Å². The number of nitrogens with one attached hydrogen (secondary N) is 1. The van der Waals surface area contributed by atoms with Gasteiger partial charge in [0.05, 0.1) is 29.3 Å². The van der Waals surface area contributed by atoms with Gasteiger partial charge in [0, 0.05) is 12.4 Å². The Morgan fingerprint density at radius 1 is 1.53 bits per heavy atom. The molecule has 2 heterocycles. The predicted molar refractivity (Wildman–Crippen MR) is 73.4 cm³/mol.